The van der Waals surface area contributed by atoms with E-state index in [0.29, 0.717) is 5.56 Å². The van der Waals surface area contributed by atoms with E-state index in [0.717, 1.165) is 4.31 Å². The van der Waals surface area contributed by atoms with Gasteiger partial charge in [-0.25, -0.2) is 12.8 Å². The van der Waals surface area contributed by atoms with Crippen LogP contribution in [0.15, 0.2) is 47.4 Å². The second kappa shape index (κ2) is 6.22. The summed E-state index contributed by atoms with van der Waals surface area (Å²) >= 11 is 11.7. The highest BCUT2D eigenvalue weighted by atomic mass is 35.5. The molecule has 0 fully saturated rings. The monoisotopic (exact) mass is 347 g/mol. The van der Waals surface area contributed by atoms with Crippen LogP contribution in [-0.4, -0.2) is 15.5 Å². The summed E-state index contributed by atoms with van der Waals surface area (Å²) in [6.07, 6.45) is 0. The van der Waals surface area contributed by atoms with Gasteiger partial charge >= 0.3 is 0 Å². The maximum Gasteiger partial charge on any atom is 0.265 e. The minimum atomic E-state index is -3.98. The number of alkyl halides is 1. The van der Waals surface area contributed by atoms with Gasteiger partial charge < -0.3 is 0 Å². The first kappa shape index (κ1) is 16.1. The fourth-order valence-electron chi connectivity index (χ4n) is 1.81. The molecule has 0 unspecified atom stereocenters. The van der Waals surface area contributed by atoms with E-state index in [-0.39, 0.29) is 21.5 Å². The van der Waals surface area contributed by atoms with Crippen molar-refractivity contribution in [1.29, 1.82) is 0 Å². The summed E-state index contributed by atoms with van der Waals surface area (Å²) in [5, 5.41) is 0.0621. The zero-order valence-electron chi connectivity index (χ0n) is 11.1. The lowest BCUT2D eigenvalue weighted by atomic mass is 10.2. The molecule has 2 rings (SSSR count). The predicted octanol–water partition coefficient (Wildman–Crippen LogP) is 4.04. The molecule has 2 aromatic rings. The van der Waals surface area contributed by atoms with Crippen molar-refractivity contribution in [3.05, 3.63) is 58.9 Å². The smallest absolute Gasteiger partial charge is 0.265 e. The third kappa shape index (κ3) is 3.15. The molecular formula is C14H12Cl2FNO2S. The maximum atomic E-state index is 13.8. The third-order valence-corrected chi connectivity index (χ3v) is 5.54. The van der Waals surface area contributed by atoms with Gasteiger partial charge in [-0.3, -0.25) is 4.31 Å². The minimum Gasteiger partial charge on any atom is -0.266 e. The molecule has 0 aromatic heterocycles. The van der Waals surface area contributed by atoms with Crippen LogP contribution in [0.25, 0.3) is 0 Å². The molecule has 0 bridgehead atoms. The zero-order valence-corrected chi connectivity index (χ0v) is 13.4. The summed E-state index contributed by atoms with van der Waals surface area (Å²) in [5.74, 6) is -0.475. The van der Waals surface area contributed by atoms with Crippen LogP contribution >= 0.6 is 23.2 Å². The van der Waals surface area contributed by atoms with Crippen LogP contribution in [0.2, 0.25) is 5.02 Å². The topological polar surface area (TPSA) is 37.4 Å². The van der Waals surface area contributed by atoms with E-state index in [1.54, 1.807) is 12.1 Å². The normalized spacial score (nSPS) is 11.4. The zero-order chi connectivity index (χ0) is 15.6. The maximum absolute atomic E-state index is 13.8. The largest absolute Gasteiger partial charge is 0.266 e. The van der Waals surface area contributed by atoms with Crippen molar-refractivity contribution in [2.75, 3.05) is 11.4 Å². The Kier molecular flexibility index (Phi) is 4.76. The highest BCUT2D eigenvalue weighted by molar-refractivity contribution is 7.93. The SMILES string of the molecule is CN(c1ccccc1F)S(=O)(=O)c1cc(CCl)ccc1Cl. The van der Waals surface area contributed by atoms with Crippen LogP contribution in [0.4, 0.5) is 10.1 Å². The standard InChI is InChI=1S/C14H12Cl2FNO2S/c1-18(13-5-3-2-4-12(13)17)21(19,20)14-8-10(9-15)6-7-11(14)16/h2-8H,9H2,1H3. The number of benzene rings is 2. The van der Waals surface area contributed by atoms with E-state index in [2.05, 4.69) is 0 Å². The minimum absolute atomic E-state index is 0.0511. The number of sulfonamides is 1. The Morgan fingerprint density at radius 3 is 2.48 bits per heavy atom. The molecule has 0 radical (unpaired) electrons. The van der Waals surface area contributed by atoms with Gasteiger partial charge in [0.15, 0.2) is 0 Å². The van der Waals surface area contributed by atoms with Gasteiger partial charge in [0.2, 0.25) is 0 Å². The van der Waals surface area contributed by atoms with Gasteiger partial charge in [-0.2, -0.15) is 0 Å². The van der Waals surface area contributed by atoms with Crippen molar-refractivity contribution in [2.45, 2.75) is 10.8 Å². The Labute approximate surface area is 133 Å². The fourth-order valence-corrected chi connectivity index (χ4v) is 3.71. The molecule has 0 N–H and O–H groups in total. The predicted molar refractivity (Wildman–Crippen MR) is 83.0 cm³/mol. The lowest BCUT2D eigenvalue weighted by Gasteiger charge is -2.21. The van der Waals surface area contributed by atoms with Crippen molar-refractivity contribution in [1.82, 2.24) is 0 Å². The molecule has 0 aliphatic carbocycles. The van der Waals surface area contributed by atoms with E-state index < -0.39 is 15.8 Å². The molecule has 0 saturated carbocycles. The van der Waals surface area contributed by atoms with Gasteiger partial charge in [-0.1, -0.05) is 29.8 Å². The van der Waals surface area contributed by atoms with Crippen molar-refractivity contribution < 1.29 is 12.8 Å². The Bertz CT molecular complexity index is 765. The number of hydrogen-bond acceptors (Lipinski definition) is 2. The summed E-state index contributed by atoms with van der Waals surface area (Å²) in [5.41, 5.74) is 0.561. The van der Waals surface area contributed by atoms with E-state index in [4.69, 9.17) is 23.2 Å². The summed E-state index contributed by atoms with van der Waals surface area (Å²) in [7, 11) is -2.70. The van der Waals surface area contributed by atoms with Crippen LogP contribution in [-0.2, 0) is 15.9 Å². The number of para-hydroxylation sites is 1. The lowest BCUT2D eigenvalue weighted by Crippen LogP contribution is -2.27. The number of nitrogens with zero attached hydrogens (tertiary/aromatic N) is 1. The Morgan fingerprint density at radius 2 is 1.86 bits per heavy atom. The molecule has 2 aromatic carbocycles. The van der Waals surface area contributed by atoms with Gasteiger partial charge in [0.25, 0.3) is 10.0 Å². The quantitative estimate of drug-likeness (QED) is 0.782. The van der Waals surface area contributed by atoms with Crippen molar-refractivity contribution in [2.24, 2.45) is 0 Å². The number of hydrogen-bond donors (Lipinski definition) is 0. The molecular weight excluding hydrogens is 336 g/mol. The second-order valence-electron chi connectivity index (χ2n) is 4.32. The lowest BCUT2D eigenvalue weighted by molar-refractivity contribution is 0.589. The van der Waals surface area contributed by atoms with Crippen molar-refractivity contribution in [3.8, 4) is 0 Å². The summed E-state index contributed by atoms with van der Waals surface area (Å²) in [6, 6.07) is 10.1. The number of halogens is 3. The van der Waals surface area contributed by atoms with Gasteiger partial charge in [-0.15, -0.1) is 11.6 Å². The van der Waals surface area contributed by atoms with Crippen LogP contribution in [0.5, 0.6) is 0 Å². The average molecular weight is 348 g/mol. The van der Waals surface area contributed by atoms with E-state index in [1.165, 1.54) is 37.4 Å². The van der Waals surface area contributed by atoms with E-state index in [9.17, 15) is 12.8 Å². The van der Waals surface area contributed by atoms with Crippen LogP contribution in [0.1, 0.15) is 5.56 Å². The molecule has 0 atom stereocenters. The van der Waals surface area contributed by atoms with Crippen LogP contribution in [0, 0.1) is 5.82 Å². The highest BCUT2D eigenvalue weighted by Crippen LogP contribution is 2.29. The molecule has 0 amide bonds. The summed E-state index contributed by atoms with van der Waals surface area (Å²) < 4.78 is 39.8. The number of anilines is 1. The molecule has 112 valence electrons. The molecule has 0 spiro atoms. The second-order valence-corrected chi connectivity index (χ2v) is 6.93. The molecule has 0 aliphatic heterocycles. The first-order valence-electron chi connectivity index (χ1n) is 5.96. The molecule has 0 aliphatic rings. The van der Waals surface area contributed by atoms with Gasteiger partial charge in [0, 0.05) is 12.9 Å². The van der Waals surface area contributed by atoms with Crippen LogP contribution in [0.3, 0.4) is 0 Å². The van der Waals surface area contributed by atoms with Gasteiger partial charge in [0.1, 0.15) is 10.7 Å². The molecule has 0 saturated heterocycles. The Balaban J connectivity index is 2.54. The first-order valence-corrected chi connectivity index (χ1v) is 8.31. The fraction of sp³-hybridized carbons (Fsp3) is 0.143. The Hall–Kier alpha value is -1.30. The highest BCUT2D eigenvalue weighted by Gasteiger charge is 2.26. The van der Waals surface area contributed by atoms with Crippen LogP contribution < -0.4 is 4.31 Å². The van der Waals surface area contributed by atoms with E-state index >= 15 is 0 Å². The third-order valence-electron chi connectivity index (χ3n) is 2.98. The number of rotatable bonds is 4. The van der Waals surface area contributed by atoms with Gasteiger partial charge in [0.05, 0.1) is 10.7 Å². The average Bonchev–Trinajstić information content (AvgIpc) is 2.47. The van der Waals surface area contributed by atoms with Crippen molar-refractivity contribution in [3.63, 3.8) is 0 Å². The molecule has 21 heavy (non-hydrogen) atoms. The Morgan fingerprint density at radius 1 is 1.19 bits per heavy atom. The van der Waals surface area contributed by atoms with Gasteiger partial charge in [-0.05, 0) is 29.8 Å². The molecule has 0 heterocycles. The van der Waals surface area contributed by atoms with E-state index in [1.807, 2.05) is 0 Å². The van der Waals surface area contributed by atoms with Crippen molar-refractivity contribution >= 4 is 38.9 Å². The summed E-state index contributed by atoms with van der Waals surface area (Å²) in [4.78, 5) is -0.104. The molecule has 3 nitrogen and oxygen atoms in total. The summed E-state index contributed by atoms with van der Waals surface area (Å²) in [6.45, 7) is 0. The molecule has 7 heteroatoms. The first-order chi connectivity index (χ1) is 9.87.